The number of hydrogen-bond acceptors (Lipinski definition) is 1. The minimum atomic E-state index is -0.0902. The highest BCUT2D eigenvalue weighted by molar-refractivity contribution is 5.15. The average molecular weight is 254 g/mol. The summed E-state index contributed by atoms with van der Waals surface area (Å²) < 4.78 is 18.7. The van der Waals surface area contributed by atoms with Crippen molar-refractivity contribution >= 4 is 0 Å². The molecule has 0 unspecified atom stereocenters. The topological polar surface area (TPSA) is 30.3 Å². The molecule has 0 spiro atoms. The van der Waals surface area contributed by atoms with E-state index < -0.39 is 0 Å². The molecule has 1 aromatic carbocycles. The van der Waals surface area contributed by atoms with E-state index in [2.05, 4.69) is 5.32 Å². The molecule has 0 atom stereocenters. The summed E-state index contributed by atoms with van der Waals surface area (Å²) in [5, 5.41) is 2.19. The van der Waals surface area contributed by atoms with Gasteiger partial charge in [-0.2, -0.15) is 0 Å². The van der Waals surface area contributed by atoms with Gasteiger partial charge in [0.2, 0.25) is 0 Å². The fraction of sp³-hybridized carbons (Fsp3) is 0.571. The van der Waals surface area contributed by atoms with E-state index in [9.17, 15) is 4.39 Å². The highest BCUT2D eigenvalue weighted by Gasteiger charge is 2.13. The Morgan fingerprint density at radius 3 is 2.78 bits per heavy atom. The lowest BCUT2D eigenvalue weighted by atomic mass is 10.2. The lowest BCUT2D eigenvalue weighted by Gasteiger charge is -2.23. The van der Waals surface area contributed by atoms with Crippen LogP contribution in [0.3, 0.4) is 0 Å². The third-order valence-corrected chi connectivity index (χ3v) is 3.46. The summed E-state index contributed by atoms with van der Waals surface area (Å²) in [5.74, 6) is -0.0902. The second-order valence-electron chi connectivity index (χ2n) is 4.84. The van der Waals surface area contributed by atoms with Gasteiger partial charge < -0.3 is 15.0 Å². The molecule has 1 aromatic rings. The van der Waals surface area contributed by atoms with Gasteiger partial charge in [-0.3, -0.25) is 0 Å². The predicted molar refractivity (Wildman–Crippen MR) is 67.9 cm³/mol. The molecular weight excluding hydrogens is 231 g/mol. The molecule has 0 aliphatic carbocycles. The van der Waals surface area contributed by atoms with Gasteiger partial charge in [0.15, 0.2) is 0 Å². The molecule has 3 nitrogen and oxygen atoms in total. The number of nitrogens with two attached hydrogens (primary N) is 1. The first-order valence-electron chi connectivity index (χ1n) is 6.82. The lowest BCUT2D eigenvalue weighted by Crippen LogP contribution is -3.14. The van der Waals surface area contributed by atoms with Crippen molar-refractivity contribution in [3.63, 3.8) is 0 Å². The zero-order valence-electron chi connectivity index (χ0n) is 10.8. The zero-order valence-corrected chi connectivity index (χ0v) is 10.8. The van der Waals surface area contributed by atoms with Crippen LogP contribution in [0.2, 0.25) is 0 Å². The predicted octanol–water partition coefficient (Wildman–Crippen LogP) is -0.806. The molecular formula is C14H23FN2O+2. The van der Waals surface area contributed by atoms with Crippen molar-refractivity contribution in [2.75, 3.05) is 39.4 Å². The van der Waals surface area contributed by atoms with E-state index in [0.717, 1.165) is 45.0 Å². The summed E-state index contributed by atoms with van der Waals surface area (Å²) in [5.41, 5.74) is 0.802. The Bertz CT molecular complexity index is 353. The highest BCUT2D eigenvalue weighted by Crippen LogP contribution is 2.03. The number of rotatable bonds is 6. The van der Waals surface area contributed by atoms with E-state index in [0.29, 0.717) is 0 Å². The van der Waals surface area contributed by atoms with Crippen LogP contribution < -0.4 is 10.2 Å². The van der Waals surface area contributed by atoms with Gasteiger partial charge in [-0.05, 0) is 6.07 Å². The normalized spacial score (nSPS) is 16.9. The Hall–Kier alpha value is -0.970. The molecule has 4 heteroatoms. The van der Waals surface area contributed by atoms with E-state index in [-0.39, 0.29) is 5.82 Å². The second kappa shape index (κ2) is 7.46. The Morgan fingerprint density at radius 1 is 1.22 bits per heavy atom. The van der Waals surface area contributed by atoms with Gasteiger partial charge >= 0.3 is 0 Å². The van der Waals surface area contributed by atoms with Gasteiger partial charge in [-0.25, -0.2) is 4.39 Å². The minimum Gasteiger partial charge on any atom is -0.370 e. The molecule has 0 saturated carbocycles. The summed E-state index contributed by atoms with van der Waals surface area (Å²) in [6.45, 7) is 7.07. The molecule has 3 N–H and O–H groups in total. The van der Waals surface area contributed by atoms with Gasteiger partial charge in [-0.15, -0.1) is 0 Å². The van der Waals surface area contributed by atoms with E-state index in [4.69, 9.17) is 4.74 Å². The summed E-state index contributed by atoms with van der Waals surface area (Å²) >= 11 is 0. The first kappa shape index (κ1) is 13.5. The van der Waals surface area contributed by atoms with E-state index in [1.807, 2.05) is 12.1 Å². The molecule has 1 fully saturated rings. The Balaban J connectivity index is 1.57. The van der Waals surface area contributed by atoms with Crippen molar-refractivity contribution in [2.24, 2.45) is 0 Å². The van der Waals surface area contributed by atoms with Crippen LogP contribution in [0.25, 0.3) is 0 Å². The standard InChI is InChI=1S/C14H21FN2O/c15-14-5-2-1-4-13(14)12-16-6-3-7-17-8-10-18-11-9-17/h1-2,4-5,16H,3,6-12H2/p+2. The smallest absolute Gasteiger partial charge is 0.132 e. The summed E-state index contributed by atoms with van der Waals surface area (Å²) in [6.07, 6.45) is 1.18. The quantitative estimate of drug-likeness (QED) is 0.639. The first-order valence-corrected chi connectivity index (χ1v) is 6.82. The van der Waals surface area contributed by atoms with Crippen molar-refractivity contribution < 1.29 is 19.3 Å². The molecule has 0 amide bonds. The van der Waals surface area contributed by atoms with E-state index in [1.54, 1.807) is 11.0 Å². The van der Waals surface area contributed by atoms with Crippen LogP contribution in [0.4, 0.5) is 4.39 Å². The number of benzene rings is 1. The van der Waals surface area contributed by atoms with Crippen LogP contribution in [0.5, 0.6) is 0 Å². The maximum Gasteiger partial charge on any atom is 0.132 e. The monoisotopic (exact) mass is 254 g/mol. The third-order valence-electron chi connectivity index (χ3n) is 3.46. The molecule has 0 aromatic heterocycles. The zero-order chi connectivity index (χ0) is 12.6. The van der Waals surface area contributed by atoms with Crippen LogP contribution >= 0.6 is 0 Å². The maximum absolute atomic E-state index is 13.4. The number of ether oxygens (including phenoxy) is 1. The summed E-state index contributed by atoms with van der Waals surface area (Å²) in [4.78, 5) is 1.64. The Kier molecular flexibility index (Phi) is 5.58. The molecule has 1 aliphatic rings. The Morgan fingerprint density at radius 2 is 2.00 bits per heavy atom. The van der Waals surface area contributed by atoms with Crippen LogP contribution in [0, 0.1) is 5.82 Å². The average Bonchev–Trinajstić information content (AvgIpc) is 2.42. The van der Waals surface area contributed by atoms with Crippen LogP contribution in [-0.4, -0.2) is 39.4 Å². The molecule has 1 saturated heterocycles. The second-order valence-corrected chi connectivity index (χ2v) is 4.84. The number of hydrogen-bond donors (Lipinski definition) is 2. The molecule has 18 heavy (non-hydrogen) atoms. The van der Waals surface area contributed by atoms with Crippen LogP contribution in [-0.2, 0) is 11.3 Å². The largest absolute Gasteiger partial charge is 0.370 e. The van der Waals surface area contributed by atoms with Gasteiger partial charge in [-0.1, -0.05) is 18.2 Å². The summed E-state index contributed by atoms with van der Waals surface area (Å²) in [7, 11) is 0. The number of nitrogens with one attached hydrogen (secondary N) is 1. The van der Waals surface area contributed by atoms with E-state index >= 15 is 0 Å². The number of halogens is 1. The molecule has 100 valence electrons. The van der Waals surface area contributed by atoms with Gasteiger partial charge in [0.1, 0.15) is 25.5 Å². The fourth-order valence-electron chi connectivity index (χ4n) is 2.33. The minimum absolute atomic E-state index is 0.0902. The lowest BCUT2D eigenvalue weighted by molar-refractivity contribution is -0.909. The summed E-state index contributed by atoms with van der Waals surface area (Å²) in [6, 6.07) is 7.02. The molecule has 1 aliphatic heterocycles. The fourth-order valence-corrected chi connectivity index (χ4v) is 2.33. The van der Waals surface area contributed by atoms with Gasteiger partial charge in [0, 0.05) is 12.0 Å². The molecule has 1 heterocycles. The van der Waals surface area contributed by atoms with Crippen molar-refractivity contribution in [3.8, 4) is 0 Å². The number of quaternary nitrogens is 2. The maximum atomic E-state index is 13.4. The van der Waals surface area contributed by atoms with Crippen molar-refractivity contribution in [1.82, 2.24) is 0 Å². The molecule has 0 radical (unpaired) electrons. The van der Waals surface area contributed by atoms with Gasteiger partial charge in [0.05, 0.1) is 26.3 Å². The first-order chi connectivity index (χ1) is 8.86. The molecule has 2 rings (SSSR count). The van der Waals surface area contributed by atoms with Crippen molar-refractivity contribution in [3.05, 3.63) is 35.6 Å². The third kappa shape index (κ3) is 4.37. The highest BCUT2D eigenvalue weighted by atomic mass is 19.1. The van der Waals surface area contributed by atoms with Crippen molar-refractivity contribution in [1.29, 1.82) is 0 Å². The van der Waals surface area contributed by atoms with E-state index in [1.165, 1.54) is 19.0 Å². The van der Waals surface area contributed by atoms with Crippen molar-refractivity contribution in [2.45, 2.75) is 13.0 Å². The van der Waals surface area contributed by atoms with Crippen LogP contribution in [0.15, 0.2) is 24.3 Å². The SMILES string of the molecule is Fc1ccccc1C[NH2+]CCC[NH+]1CCOCC1. The number of morpholine rings is 1. The Labute approximate surface area is 108 Å². The van der Waals surface area contributed by atoms with Crippen LogP contribution in [0.1, 0.15) is 12.0 Å². The molecule has 0 bridgehead atoms. The van der Waals surface area contributed by atoms with Gasteiger partial charge in [0.25, 0.3) is 0 Å².